The predicted octanol–water partition coefficient (Wildman–Crippen LogP) is 2.68. The van der Waals surface area contributed by atoms with Crippen molar-refractivity contribution >= 4 is 33.6 Å². The van der Waals surface area contributed by atoms with Gasteiger partial charge in [-0.1, -0.05) is 0 Å². The number of amides is 2. The third-order valence-corrected chi connectivity index (χ3v) is 7.45. The number of carbonyl (C=O) groups excluding carboxylic acids is 2. The molecule has 1 aromatic carbocycles. The van der Waals surface area contributed by atoms with E-state index in [4.69, 9.17) is 8.92 Å². The zero-order valence-corrected chi connectivity index (χ0v) is 21.0. The molecule has 4 rings (SSSR count). The first-order valence-corrected chi connectivity index (χ1v) is 13.4. The molecule has 3 heterocycles. The third-order valence-electron chi connectivity index (χ3n) is 6.18. The van der Waals surface area contributed by atoms with Gasteiger partial charge in [-0.3, -0.25) is 13.9 Å². The van der Waals surface area contributed by atoms with Gasteiger partial charge in [0.15, 0.2) is 0 Å². The van der Waals surface area contributed by atoms with Crippen LogP contribution in [0.2, 0.25) is 0 Å². The first-order valence-electron chi connectivity index (χ1n) is 11.8. The molecular weight excluding hydrogens is 491 g/mol. The maximum atomic E-state index is 15.0. The molecule has 0 saturated carbocycles. The van der Waals surface area contributed by atoms with Crippen LogP contribution in [0.5, 0.6) is 0 Å². The van der Waals surface area contributed by atoms with E-state index in [1.54, 1.807) is 37.4 Å². The quantitative estimate of drug-likeness (QED) is 0.528. The van der Waals surface area contributed by atoms with E-state index in [9.17, 15) is 22.4 Å². The fourth-order valence-corrected chi connectivity index (χ4v) is 4.93. The molecule has 194 valence electrons. The summed E-state index contributed by atoms with van der Waals surface area (Å²) in [4.78, 5) is 31.1. The van der Waals surface area contributed by atoms with Crippen molar-refractivity contribution < 1.29 is 31.3 Å². The number of benzene rings is 1. The molecule has 2 aliphatic rings. The van der Waals surface area contributed by atoms with Crippen LogP contribution in [0.1, 0.15) is 26.7 Å². The molecule has 12 heteroatoms. The summed E-state index contributed by atoms with van der Waals surface area (Å²) >= 11 is 0. The van der Waals surface area contributed by atoms with Gasteiger partial charge >= 0.3 is 6.09 Å². The minimum absolute atomic E-state index is 0.0466. The van der Waals surface area contributed by atoms with Gasteiger partial charge in [0, 0.05) is 37.3 Å². The Balaban J connectivity index is 1.38. The number of cyclic esters (lactones) is 1. The number of ether oxygens (including phenoxy) is 1. The van der Waals surface area contributed by atoms with E-state index in [1.165, 1.54) is 17.9 Å². The van der Waals surface area contributed by atoms with E-state index in [1.807, 2.05) is 4.90 Å². The Morgan fingerprint density at radius 2 is 2.00 bits per heavy atom. The van der Waals surface area contributed by atoms with Crippen LogP contribution in [-0.2, 0) is 23.8 Å². The SMILES string of the molecule is CCS(=O)(=O)OC1CCN(c2ccc(-c3ccc(N4CC(CNC(C)=O)OC4=O)cc3F)cn2)CC1. The molecule has 0 bridgehead atoms. The first kappa shape index (κ1) is 25.8. The zero-order chi connectivity index (χ0) is 25.9. The van der Waals surface area contributed by atoms with Crippen molar-refractivity contribution in [1.29, 1.82) is 0 Å². The van der Waals surface area contributed by atoms with Crippen molar-refractivity contribution in [3.63, 3.8) is 0 Å². The maximum absolute atomic E-state index is 15.0. The van der Waals surface area contributed by atoms with Gasteiger partial charge in [0.1, 0.15) is 17.7 Å². The van der Waals surface area contributed by atoms with Crippen LogP contribution in [-0.4, -0.2) is 69.5 Å². The van der Waals surface area contributed by atoms with Crippen molar-refractivity contribution in [2.24, 2.45) is 0 Å². The lowest BCUT2D eigenvalue weighted by molar-refractivity contribution is -0.119. The van der Waals surface area contributed by atoms with Crippen LogP contribution in [0.25, 0.3) is 11.1 Å². The van der Waals surface area contributed by atoms with E-state index in [0.29, 0.717) is 42.7 Å². The van der Waals surface area contributed by atoms with Gasteiger partial charge in [0.2, 0.25) is 5.91 Å². The number of aromatic nitrogens is 1. The van der Waals surface area contributed by atoms with E-state index >= 15 is 0 Å². The lowest BCUT2D eigenvalue weighted by Gasteiger charge is -2.32. The predicted molar refractivity (Wildman–Crippen MR) is 132 cm³/mol. The summed E-state index contributed by atoms with van der Waals surface area (Å²) in [7, 11) is -3.48. The number of nitrogens with one attached hydrogen (secondary N) is 1. The van der Waals surface area contributed by atoms with Crippen molar-refractivity contribution in [2.45, 2.75) is 38.9 Å². The number of nitrogens with zero attached hydrogens (tertiary/aromatic N) is 3. The van der Waals surface area contributed by atoms with Crippen molar-refractivity contribution in [2.75, 3.05) is 41.7 Å². The van der Waals surface area contributed by atoms with Gasteiger partial charge in [-0.15, -0.1) is 0 Å². The molecule has 2 saturated heterocycles. The topological polar surface area (TPSA) is 118 Å². The highest BCUT2D eigenvalue weighted by atomic mass is 32.2. The fourth-order valence-electron chi connectivity index (χ4n) is 4.19. The first-order chi connectivity index (χ1) is 17.1. The van der Waals surface area contributed by atoms with E-state index in [2.05, 4.69) is 10.3 Å². The summed E-state index contributed by atoms with van der Waals surface area (Å²) in [6.45, 7) is 4.55. The molecule has 0 radical (unpaired) electrons. The highest BCUT2D eigenvalue weighted by Gasteiger charge is 2.33. The van der Waals surface area contributed by atoms with Gasteiger partial charge in [0.25, 0.3) is 10.1 Å². The molecule has 1 atom stereocenters. The molecule has 10 nitrogen and oxygen atoms in total. The summed E-state index contributed by atoms with van der Waals surface area (Å²) < 4.78 is 48.8. The highest BCUT2D eigenvalue weighted by molar-refractivity contribution is 7.86. The van der Waals surface area contributed by atoms with Crippen LogP contribution in [0.4, 0.5) is 20.7 Å². The Kier molecular flexibility index (Phi) is 7.74. The van der Waals surface area contributed by atoms with E-state index in [0.717, 1.165) is 5.82 Å². The van der Waals surface area contributed by atoms with Crippen LogP contribution >= 0.6 is 0 Å². The molecule has 1 N–H and O–H groups in total. The monoisotopic (exact) mass is 520 g/mol. The lowest BCUT2D eigenvalue weighted by Crippen LogP contribution is -2.38. The molecular formula is C24H29FN4O6S. The number of pyridine rings is 1. The van der Waals surface area contributed by atoms with Gasteiger partial charge in [-0.05, 0) is 50.1 Å². The Morgan fingerprint density at radius 3 is 2.61 bits per heavy atom. The number of halogens is 1. The minimum atomic E-state index is -3.48. The van der Waals surface area contributed by atoms with Crippen LogP contribution in [0, 0.1) is 5.82 Å². The maximum Gasteiger partial charge on any atom is 0.414 e. The Hall–Kier alpha value is -3.25. The fraction of sp³-hybridized carbons (Fsp3) is 0.458. The van der Waals surface area contributed by atoms with E-state index in [-0.39, 0.29) is 30.9 Å². The molecule has 2 fully saturated rings. The van der Waals surface area contributed by atoms with Crippen LogP contribution < -0.4 is 15.1 Å². The van der Waals surface area contributed by atoms with Crippen molar-refractivity contribution in [1.82, 2.24) is 10.3 Å². The second-order valence-corrected chi connectivity index (χ2v) is 10.6. The zero-order valence-electron chi connectivity index (χ0n) is 20.1. The second-order valence-electron chi connectivity index (χ2n) is 8.75. The summed E-state index contributed by atoms with van der Waals surface area (Å²) in [5.74, 6) is -0.0528. The van der Waals surface area contributed by atoms with Crippen LogP contribution in [0.3, 0.4) is 0 Å². The smallest absolute Gasteiger partial charge is 0.414 e. The van der Waals surface area contributed by atoms with Crippen LogP contribution in [0.15, 0.2) is 36.5 Å². The average Bonchev–Trinajstić information content (AvgIpc) is 3.23. The molecule has 2 aliphatic heterocycles. The second kappa shape index (κ2) is 10.8. The molecule has 2 aromatic rings. The molecule has 2 amide bonds. The number of hydrogen-bond acceptors (Lipinski definition) is 8. The van der Waals surface area contributed by atoms with Gasteiger partial charge in [0.05, 0.1) is 30.6 Å². The number of piperidine rings is 1. The summed E-state index contributed by atoms with van der Waals surface area (Å²) in [5, 5.41) is 2.61. The number of anilines is 2. The van der Waals surface area contributed by atoms with E-state index < -0.39 is 28.1 Å². The lowest BCUT2D eigenvalue weighted by atomic mass is 10.1. The minimum Gasteiger partial charge on any atom is -0.442 e. The number of hydrogen-bond donors (Lipinski definition) is 1. The summed E-state index contributed by atoms with van der Waals surface area (Å²) in [5.41, 5.74) is 1.30. The van der Waals surface area contributed by atoms with Gasteiger partial charge in [-0.2, -0.15) is 8.42 Å². The number of rotatable bonds is 8. The standard InChI is InChI=1S/C24H29FN4O6S/c1-3-36(32,33)35-19-8-10-28(11-9-19)23-7-4-17(13-27-23)21-6-5-18(12-22(21)25)29-15-20(34-24(29)31)14-26-16(2)30/h4-7,12-13,19-20H,3,8-11,14-15H2,1-2H3,(H,26,30). The molecule has 0 aliphatic carbocycles. The van der Waals surface area contributed by atoms with Gasteiger partial charge in [-0.25, -0.2) is 14.2 Å². The van der Waals surface area contributed by atoms with Crippen molar-refractivity contribution in [3.8, 4) is 11.1 Å². The Morgan fingerprint density at radius 1 is 1.25 bits per heavy atom. The molecule has 1 unspecified atom stereocenters. The molecule has 0 spiro atoms. The average molecular weight is 521 g/mol. The Labute approximate surface area is 209 Å². The largest absolute Gasteiger partial charge is 0.442 e. The van der Waals surface area contributed by atoms with Gasteiger partial charge < -0.3 is 15.0 Å². The summed E-state index contributed by atoms with van der Waals surface area (Å²) in [6, 6.07) is 8.09. The molecule has 1 aromatic heterocycles. The normalized spacial score (nSPS) is 18.9. The number of carbonyl (C=O) groups is 2. The highest BCUT2D eigenvalue weighted by Crippen LogP contribution is 2.30. The third kappa shape index (κ3) is 6.11. The Bertz CT molecular complexity index is 1220. The van der Waals surface area contributed by atoms with Crippen molar-refractivity contribution in [3.05, 3.63) is 42.3 Å². The molecule has 36 heavy (non-hydrogen) atoms. The summed E-state index contributed by atoms with van der Waals surface area (Å²) in [6.07, 6.45) is 1.31.